The highest BCUT2D eigenvalue weighted by molar-refractivity contribution is 5.93. The second-order valence-electron chi connectivity index (χ2n) is 8.99. The van der Waals surface area contributed by atoms with E-state index in [1.165, 1.54) is 0 Å². The molecule has 30 heavy (non-hydrogen) atoms. The van der Waals surface area contributed by atoms with Crippen molar-refractivity contribution in [3.05, 3.63) is 17.0 Å². The van der Waals surface area contributed by atoms with Gasteiger partial charge in [0.2, 0.25) is 5.91 Å². The van der Waals surface area contributed by atoms with E-state index in [2.05, 4.69) is 27.2 Å². The number of morpholine rings is 1. The number of nitrogens with zero attached hydrogens (tertiary/aromatic N) is 3. The minimum Gasteiger partial charge on any atom is -0.379 e. The third-order valence-corrected chi connectivity index (χ3v) is 7.14. The Kier molecular flexibility index (Phi) is 6.43. The zero-order valence-corrected chi connectivity index (χ0v) is 18.2. The van der Waals surface area contributed by atoms with Crippen molar-refractivity contribution in [1.82, 2.24) is 20.3 Å². The van der Waals surface area contributed by atoms with Gasteiger partial charge in [0.1, 0.15) is 5.76 Å². The topological polar surface area (TPSA) is 87.9 Å². The van der Waals surface area contributed by atoms with Gasteiger partial charge in [-0.15, -0.1) is 0 Å². The van der Waals surface area contributed by atoms with E-state index in [1.54, 1.807) is 0 Å². The number of likely N-dealkylation sites (tertiary alicyclic amines) is 1. The molecule has 3 fully saturated rings. The van der Waals surface area contributed by atoms with E-state index in [-0.39, 0.29) is 23.3 Å². The van der Waals surface area contributed by atoms with Crippen LogP contribution in [0.1, 0.15) is 67.3 Å². The molecule has 2 amide bonds. The second kappa shape index (κ2) is 9.06. The Balaban J connectivity index is 1.44. The second-order valence-corrected chi connectivity index (χ2v) is 8.99. The molecule has 3 aliphatic rings. The number of fused-ring (bicyclic) bond motifs is 1. The summed E-state index contributed by atoms with van der Waals surface area (Å²) < 4.78 is 10.8. The van der Waals surface area contributed by atoms with E-state index >= 15 is 0 Å². The molecule has 0 bridgehead atoms. The number of nitrogens with one attached hydrogen (secondary N) is 1. The van der Waals surface area contributed by atoms with Crippen molar-refractivity contribution in [1.29, 1.82) is 0 Å². The van der Waals surface area contributed by atoms with Crippen LogP contribution in [-0.4, -0.2) is 72.2 Å². The molecule has 0 spiro atoms. The lowest BCUT2D eigenvalue weighted by molar-refractivity contribution is -0.141. The van der Waals surface area contributed by atoms with E-state index in [0.29, 0.717) is 44.2 Å². The number of hydrogen-bond acceptors (Lipinski definition) is 6. The van der Waals surface area contributed by atoms with Gasteiger partial charge in [0.05, 0.1) is 13.2 Å². The average Bonchev–Trinajstić information content (AvgIpc) is 3.34. The van der Waals surface area contributed by atoms with Gasteiger partial charge in [-0.3, -0.25) is 14.5 Å². The number of hydrogen-bond donors (Lipinski definition) is 1. The number of amides is 2. The highest BCUT2D eigenvalue weighted by atomic mass is 16.5. The van der Waals surface area contributed by atoms with Crippen molar-refractivity contribution < 1.29 is 18.8 Å². The monoisotopic (exact) mass is 418 g/mol. The summed E-state index contributed by atoms with van der Waals surface area (Å²) in [7, 11) is 0. The van der Waals surface area contributed by atoms with Gasteiger partial charge in [0, 0.05) is 56.2 Å². The van der Waals surface area contributed by atoms with Gasteiger partial charge in [0.15, 0.2) is 5.69 Å². The Labute approximate surface area is 178 Å². The smallest absolute Gasteiger partial charge is 0.273 e. The quantitative estimate of drug-likeness (QED) is 0.730. The van der Waals surface area contributed by atoms with Crippen molar-refractivity contribution >= 4 is 11.8 Å². The van der Waals surface area contributed by atoms with Crippen LogP contribution in [0.5, 0.6) is 0 Å². The molecule has 8 nitrogen and oxygen atoms in total. The van der Waals surface area contributed by atoms with Crippen molar-refractivity contribution in [2.24, 2.45) is 5.41 Å². The lowest BCUT2D eigenvalue weighted by atomic mass is 9.74. The van der Waals surface area contributed by atoms with Crippen LogP contribution in [0.25, 0.3) is 0 Å². The third-order valence-electron chi connectivity index (χ3n) is 7.14. The van der Waals surface area contributed by atoms with Gasteiger partial charge in [-0.05, 0) is 32.6 Å². The molecule has 0 unspecified atom stereocenters. The van der Waals surface area contributed by atoms with Gasteiger partial charge in [-0.1, -0.05) is 18.5 Å². The molecule has 1 aliphatic carbocycles. The van der Waals surface area contributed by atoms with Crippen LogP contribution in [0.2, 0.25) is 0 Å². The molecule has 4 rings (SSSR count). The Morgan fingerprint density at radius 3 is 2.87 bits per heavy atom. The van der Waals surface area contributed by atoms with Crippen molar-refractivity contribution in [3.63, 3.8) is 0 Å². The first-order chi connectivity index (χ1) is 14.5. The lowest BCUT2D eigenvalue weighted by Gasteiger charge is -2.46. The largest absolute Gasteiger partial charge is 0.379 e. The van der Waals surface area contributed by atoms with E-state index in [9.17, 15) is 9.59 Å². The molecule has 1 N–H and O–H groups in total. The number of piperidine rings is 1. The summed E-state index contributed by atoms with van der Waals surface area (Å²) in [6.07, 6.45) is 5.61. The van der Waals surface area contributed by atoms with Gasteiger partial charge < -0.3 is 19.5 Å². The Morgan fingerprint density at radius 2 is 2.10 bits per heavy atom. The molecule has 1 aromatic heterocycles. The molecule has 0 radical (unpaired) electrons. The Hall–Kier alpha value is -1.93. The predicted octanol–water partition coefficient (Wildman–Crippen LogP) is 2.12. The number of ether oxygens (including phenoxy) is 1. The molecule has 8 heteroatoms. The van der Waals surface area contributed by atoms with Crippen molar-refractivity contribution in [3.8, 4) is 0 Å². The normalized spacial score (nSPS) is 27.3. The van der Waals surface area contributed by atoms with Crippen molar-refractivity contribution in [2.45, 2.75) is 65.0 Å². The van der Waals surface area contributed by atoms with E-state index in [4.69, 9.17) is 9.26 Å². The number of aromatic nitrogens is 1. The van der Waals surface area contributed by atoms with Crippen LogP contribution in [-0.2, 0) is 16.1 Å². The molecule has 1 aromatic rings. The summed E-state index contributed by atoms with van der Waals surface area (Å²) in [4.78, 5) is 29.9. The van der Waals surface area contributed by atoms with E-state index < -0.39 is 0 Å². The number of aryl methyl sites for hydroxylation is 1. The standard InChI is InChI=1S/C22H34N4O4/c1-3-9-26-18-5-4-7-22(18,8-6-19(26)27)15-23-21(28)20-17(16(2)30-24-20)14-25-10-12-29-13-11-25/h18H,3-15H2,1-2H3,(H,23,28)/t18-,22+/m1/s1. The molecular formula is C22H34N4O4. The maximum absolute atomic E-state index is 13.1. The van der Waals surface area contributed by atoms with Crippen molar-refractivity contribution in [2.75, 3.05) is 39.4 Å². The fraction of sp³-hybridized carbons (Fsp3) is 0.773. The maximum atomic E-state index is 13.1. The fourth-order valence-electron chi connectivity index (χ4n) is 5.47. The SMILES string of the molecule is CCCN1C(=O)CC[C@]2(CNC(=O)c3noc(C)c3CN3CCOCC3)CCC[C@@H]12. The molecule has 1 saturated carbocycles. The lowest BCUT2D eigenvalue weighted by Crippen LogP contribution is -2.56. The third kappa shape index (κ3) is 4.12. The van der Waals surface area contributed by atoms with Crippen LogP contribution < -0.4 is 5.32 Å². The number of carbonyl (C=O) groups excluding carboxylic acids is 2. The minimum absolute atomic E-state index is 0.0120. The van der Waals surface area contributed by atoms with Crippen LogP contribution in [0, 0.1) is 12.3 Å². The molecule has 2 atom stereocenters. The first kappa shape index (κ1) is 21.3. The Bertz CT molecular complexity index is 773. The summed E-state index contributed by atoms with van der Waals surface area (Å²) in [5, 5.41) is 7.23. The molecule has 2 aliphatic heterocycles. The highest BCUT2D eigenvalue weighted by Crippen LogP contribution is 2.47. The molecule has 166 valence electrons. The van der Waals surface area contributed by atoms with Gasteiger partial charge in [-0.2, -0.15) is 0 Å². The summed E-state index contributed by atoms with van der Waals surface area (Å²) in [5.74, 6) is 0.792. The van der Waals surface area contributed by atoms with Crippen LogP contribution in [0.3, 0.4) is 0 Å². The Morgan fingerprint density at radius 1 is 1.30 bits per heavy atom. The zero-order valence-electron chi connectivity index (χ0n) is 18.2. The molecular weight excluding hydrogens is 384 g/mol. The van der Waals surface area contributed by atoms with Gasteiger partial charge in [0.25, 0.3) is 5.91 Å². The van der Waals surface area contributed by atoms with E-state index in [0.717, 1.165) is 57.3 Å². The molecule has 3 heterocycles. The molecule has 0 aromatic carbocycles. The molecule has 2 saturated heterocycles. The predicted molar refractivity (Wildman–Crippen MR) is 111 cm³/mol. The summed E-state index contributed by atoms with van der Waals surface area (Å²) >= 11 is 0. The zero-order chi connectivity index (χ0) is 21.1. The first-order valence-corrected chi connectivity index (χ1v) is 11.4. The van der Waals surface area contributed by atoms with Crippen LogP contribution in [0.15, 0.2) is 4.52 Å². The summed E-state index contributed by atoms with van der Waals surface area (Å²) in [6, 6.07) is 0.242. The fourth-order valence-corrected chi connectivity index (χ4v) is 5.47. The summed E-state index contributed by atoms with van der Waals surface area (Å²) in [5.41, 5.74) is 1.24. The summed E-state index contributed by atoms with van der Waals surface area (Å²) in [6.45, 7) is 9.14. The van der Waals surface area contributed by atoms with Crippen LogP contribution >= 0.6 is 0 Å². The van der Waals surface area contributed by atoms with Gasteiger partial charge in [-0.25, -0.2) is 0 Å². The first-order valence-electron chi connectivity index (χ1n) is 11.4. The number of rotatable bonds is 7. The minimum atomic E-state index is -0.172. The van der Waals surface area contributed by atoms with Gasteiger partial charge >= 0.3 is 0 Å². The van der Waals surface area contributed by atoms with E-state index in [1.807, 2.05) is 6.92 Å². The van der Waals surface area contributed by atoms with Crippen LogP contribution in [0.4, 0.5) is 0 Å². The average molecular weight is 419 g/mol. The maximum Gasteiger partial charge on any atom is 0.273 e. The number of carbonyl (C=O) groups is 2. The highest BCUT2D eigenvalue weighted by Gasteiger charge is 2.50.